The lowest BCUT2D eigenvalue weighted by atomic mass is 9.99. The first-order valence-corrected chi connectivity index (χ1v) is 13.2. The van der Waals surface area contributed by atoms with Gasteiger partial charge in [-0.3, -0.25) is 0 Å². The highest BCUT2D eigenvalue weighted by Crippen LogP contribution is 2.30. The van der Waals surface area contributed by atoms with Crippen molar-refractivity contribution in [2.24, 2.45) is 5.92 Å². The summed E-state index contributed by atoms with van der Waals surface area (Å²) in [6.07, 6.45) is 8.87. The third-order valence-electron chi connectivity index (χ3n) is 6.88. The van der Waals surface area contributed by atoms with E-state index in [2.05, 4.69) is 69.8 Å². The maximum Gasteiger partial charge on any atom is 0.227 e. The first-order chi connectivity index (χ1) is 15.7. The van der Waals surface area contributed by atoms with Crippen molar-refractivity contribution in [3.8, 4) is 0 Å². The van der Waals surface area contributed by atoms with E-state index in [-0.39, 0.29) is 0 Å². The van der Waals surface area contributed by atoms with E-state index >= 15 is 0 Å². The first kappa shape index (κ1) is 21.6. The van der Waals surface area contributed by atoms with E-state index in [4.69, 9.17) is 9.97 Å². The molecule has 4 heterocycles. The van der Waals surface area contributed by atoms with Crippen LogP contribution in [0.4, 0.5) is 11.8 Å². The molecule has 5 rings (SSSR count). The number of benzene rings is 1. The molecule has 2 aliphatic heterocycles. The number of rotatable bonds is 7. The maximum atomic E-state index is 5.04. The fourth-order valence-corrected chi connectivity index (χ4v) is 5.91. The molecule has 0 bridgehead atoms. The SMILES string of the molecule is CCSCC1CCN(c2nc(NCC3CCCn4ccnc43)c3ccc(C)cc3n2)CC1. The van der Waals surface area contributed by atoms with Crippen LogP contribution < -0.4 is 10.2 Å². The summed E-state index contributed by atoms with van der Waals surface area (Å²) in [7, 11) is 0. The highest BCUT2D eigenvalue weighted by Gasteiger charge is 2.24. The number of piperidine rings is 1. The van der Waals surface area contributed by atoms with E-state index in [1.807, 2.05) is 6.20 Å². The summed E-state index contributed by atoms with van der Waals surface area (Å²) in [6.45, 7) is 8.41. The first-order valence-electron chi connectivity index (χ1n) is 12.1. The second kappa shape index (κ2) is 9.69. The molecule has 1 aromatic carbocycles. The Bertz CT molecular complexity index is 1060. The van der Waals surface area contributed by atoms with Crippen molar-refractivity contribution in [1.29, 1.82) is 0 Å². The van der Waals surface area contributed by atoms with Gasteiger partial charge in [-0.05, 0) is 67.7 Å². The van der Waals surface area contributed by atoms with Gasteiger partial charge in [0.2, 0.25) is 5.95 Å². The topological polar surface area (TPSA) is 58.9 Å². The smallest absolute Gasteiger partial charge is 0.227 e. The number of hydrogen-bond acceptors (Lipinski definition) is 6. The van der Waals surface area contributed by atoms with E-state index in [0.717, 1.165) is 54.8 Å². The molecule has 0 spiro atoms. The van der Waals surface area contributed by atoms with Crippen LogP contribution in [-0.2, 0) is 6.54 Å². The molecule has 2 aliphatic rings. The molecule has 1 fully saturated rings. The fourth-order valence-electron chi connectivity index (χ4n) is 5.01. The van der Waals surface area contributed by atoms with Gasteiger partial charge in [0.1, 0.15) is 11.6 Å². The minimum Gasteiger partial charge on any atom is -0.369 e. The quantitative estimate of drug-likeness (QED) is 0.541. The minimum absolute atomic E-state index is 0.421. The third-order valence-corrected chi connectivity index (χ3v) is 7.99. The highest BCUT2D eigenvalue weighted by molar-refractivity contribution is 7.99. The van der Waals surface area contributed by atoms with Crippen LogP contribution in [0.15, 0.2) is 30.6 Å². The molecule has 0 aliphatic carbocycles. The van der Waals surface area contributed by atoms with Crippen LogP contribution >= 0.6 is 11.8 Å². The van der Waals surface area contributed by atoms with Gasteiger partial charge in [0, 0.05) is 49.9 Å². The number of nitrogens with one attached hydrogen (secondary N) is 1. The average Bonchev–Trinajstić information content (AvgIpc) is 3.30. The molecule has 170 valence electrons. The predicted molar refractivity (Wildman–Crippen MR) is 135 cm³/mol. The van der Waals surface area contributed by atoms with Gasteiger partial charge in [-0.15, -0.1) is 0 Å². The summed E-state index contributed by atoms with van der Waals surface area (Å²) in [5, 5.41) is 4.79. The Morgan fingerprint density at radius 3 is 2.84 bits per heavy atom. The van der Waals surface area contributed by atoms with Crippen LogP contribution in [0.3, 0.4) is 0 Å². The van der Waals surface area contributed by atoms with Crippen LogP contribution in [0.2, 0.25) is 0 Å². The summed E-state index contributed by atoms with van der Waals surface area (Å²) in [6, 6.07) is 6.50. The van der Waals surface area contributed by atoms with E-state index < -0.39 is 0 Å². The molecular formula is C25H34N6S. The second-order valence-electron chi connectivity index (χ2n) is 9.18. The lowest BCUT2D eigenvalue weighted by Gasteiger charge is -2.32. The number of fused-ring (bicyclic) bond motifs is 2. The van der Waals surface area contributed by atoms with E-state index in [1.54, 1.807) is 0 Å². The summed E-state index contributed by atoms with van der Waals surface area (Å²) in [5.74, 6) is 6.77. The van der Waals surface area contributed by atoms with Crippen molar-refractivity contribution in [2.45, 2.75) is 52.0 Å². The zero-order valence-electron chi connectivity index (χ0n) is 19.3. The van der Waals surface area contributed by atoms with Crippen molar-refractivity contribution in [2.75, 3.05) is 41.4 Å². The molecule has 0 saturated carbocycles. The van der Waals surface area contributed by atoms with Crippen LogP contribution in [0.25, 0.3) is 10.9 Å². The van der Waals surface area contributed by atoms with Gasteiger partial charge in [0.25, 0.3) is 0 Å². The number of anilines is 2. The molecule has 32 heavy (non-hydrogen) atoms. The van der Waals surface area contributed by atoms with Gasteiger partial charge >= 0.3 is 0 Å². The zero-order valence-corrected chi connectivity index (χ0v) is 20.1. The molecule has 1 saturated heterocycles. The molecule has 0 radical (unpaired) electrons. The van der Waals surface area contributed by atoms with Crippen molar-refractivity contribution in [3.05, 3.63) is 42.0 Å². The van der Waals surface area contributed by atoms with Crippen molar-refractivity contribution in [1.82, 2.24) is 19.5 Å². The average molecular weight is 451 g/mol. The normalized spacial score (nSPS) is 19.3. The number of thioether (sulfide) groups is 1. The molecular weight excluding hydrogens is 416 g/mol. The lowest BCUT2D eigenvalue weighted by Crippen LogP contribution is -2.35. The van der Waals surface area contributed by atoms with Crippen molar-refractivity contribution >= 4 is 34.4 Å². The van der Waals surface area contributed by atoms with Gasteiger partial charge in [-0.25, -0.2) is 9.97 Å². The van der Waals surface area contributed by atoms with E-state index in [9.17, 15) is 0 Å². The van der Waals surface area contributed by atoms with Crippen LogP contribution in [0, 0.1) is 12.8 Å². The molecule has 0 amide bonds. The Balaban J connectivity index is 1.36. The predicted octanol–water partition coefficient (Wildman–Crippen LogP) is 5.09. The van der Waals surface area contributed by atoms with Gasteiger partial charge in [-0.1, -0.05) is 13.0 Å². The lowest BCUT2D eigenvalue weighted by molar-refractivity contribution is 0.441. The Morgan fingerprint density at radius 1 is 1.12 bits per heavy atom. The molecule has 1 N–H and O–H groups in total. The molecule has 6 nitrogen and oxygen atoms in total. The van der Waals surface area contributed by atoms with Crippen LogP contribution in [0.5, 0.6) is 0 Å². The fraction of sp³-hybridized carbons (Fsp3) is 0.560. The van der Waals surface area contributed by atoms with Crippen molar-refractivity contribution in [3.63, 3.8) is 0 Å². The van der Waals surface area contributed by atoms with Crippen molar-refractivity contribution < 1.29 is 0 Å². The molecule has 7 heteroatoms. The summed E-state index contributed by atoms with van der Waals surface area (Å²) in [5.41, 5.74) is 2.27. The standard InChI is InChI=1S/C25H34N6S/c1-3-32-17-19-8-12-31(13-9-19)25-28-22-15-18(2)6-7-21(22)23(29-25)27-16-20-5-4-11-30-14-10-26-24(20)30/h6-7,10,14-15,19-20H,3-5,8-9,11-13,16-17H2,1-2H3,(H,27,28,29). The molecule has 1 unspecified atom stereocenters. The largest absolute Gasteiger partial charge is 0.369 e. The summed E-state index contributed by atoms with van der Waals surface area (Å²) >= 11 is 2.07. The monoisotopic (exact) mass is 450 g/mol. The Labute approximate surface area is 195 Å². The Morgan fingerprint density at radius 2 is 2.00 bits per heavy atom. The van der Waals surface area contributed by atoms with E-state index in [1.165, 1.54) is 48.6 Å². The summed E-state index contributed by atoms with van der Waals surface area (Å²) in [4.78, 5) is 17.0. The maximum absolute atomic E-state index is 5.04. The Hall–Kier alpha value is -2.28. The molecule has 3 aromatic rings. The van der Waals surface area contributed by atoms with Crippen LogP contribution in [0.1, 0.15) is 49.9 Å². The van der Waals surface area contributed by atoms with Gasteiger partial charge in [-0.2, -0.15) is 16.7 Å². The number of aromatic nitrogens is 4. The zero-order chi connectivity index (χ0) is 21.9. The molecule has 2 aromatic heterocycles. The van der Waals surface area contributed by atoms with E-state index in [0.29, 0.717) is 5.92 Å². The molecule has 1 atom stereocenters. The number of aryl methyl sites for hydroxylation is 2. The third kappa shape index (κ3) is 4.58. The summed E-state index contributed by atoms with van der Waals surface area (Å²) < 4.78 is 2.30. The van der Waals surface area contributed by atoms with Gasteiger partial charge in [0.05, 0.1) is 5.52 Å². The van der Waals surface area contributed by atoms with Crippen LogP contribution in [-0.4, -0.2) is 50.7 Å². The number of hydrogen-bond donors (Lipinski definition) is 1. The Kier molecular flexibility index (Phi) is 6.53. The number of imidazole rings is 1. The van der Waals surface area contributed by atoms with Gasteiger partial charge in [0.15, 0.2) is 0 Å². The number of nitrogens with zero attached hydrogens (tertiary/aromatic N) is 5. The highest BCUT2D eigenvalue weighted by atomic mass is 32.2. The van der Waals surface area contributed by atoms with Gasteiger partial charge < -0.3 is 14.8 Å². The second-order valence-corrected chi connectivity index (χ2v) is 10.5. The minimum atomic E-state index is 0.421.